The Morgan fingerprint density at radius 2 is 1.56 bits per heavy atom. The zero-order valence-electron chi connectivity index (χ0n) is 19.6. The second kappa shape index (κ2) is 11.5. The van der Waals surface area contributed by atoms with E-state index in [4.69, 9.17) is 9.72 Å². The van der Waals surface area contributed by atoms with Gasteiger partial charge in [0.25, 0.3) is 0 Å². The zero-order chi connectivity index (χ0) is 23.8. The molecule has 0 saturated carbocycles. The van der Waals surface area contributed by atoms with Crippen molar-refractivity contribution in [3.05, 3.63) is 102 Å². The van der Waals surface area contributed by atoms with Crippen molar-refractivity contribution >= 4 is 11.8 Å². The predicted molar refractivity (Wildman–Crippen MR) is 141 cm³/mol. The van der Waals surface area contributed by atoms with Gasteiger partial charge >= 0.3 is 0 Å². The zero-order valence-corrected chi connectivity index (χ0v) is 20.4. The second-order valence-electron chi connectivity index (χ2n) is 8.25. The first kappa shape index (κ1) is 23.6. The molecular formula is C30H28N2OS. The molecule has 0 bridgehead atoms. The summed E-state index contributed by atoms with van der Waals surface area (Å²) in [6, 6.07) is 31.0. The van der Waals surface area contributed by atoms with Crippen LogP contribution in [0, 0.1) is 25.2 Å². The standard InChI is InChI=1S/C30H28N2OS/c1-22-15-16-23(2)29(19-22)33-17-9-10-18-34-30-27(21-31)26(24-11-5-3-6-12-24)20-28(32-30)25-13-7-4-8-14-25/h3-8,11-16,19-20H,9-10,17-18H2,1-2H3. The predicted octanol–water partition coefficient (Wildman–Crippen LogP) is 7.86. The summed E-state index contributed by atoms with van der Waals surface area (Å²) in [4.78, 5) is 4.90. The largest absolute Gasteiger partial charge is 0.493 e. The molecule has 0 atom stereocenters. The molecule has 0 aliphatic carbocycles. The fourth-order valence-electron chi connectivity index (χ4n) is 3.75. The van der Waals surface area contributed by atoms with Gasteiger partial charge in [0.05, 0.1) is 17.9 Å². The molecule has 0 amide bonds. The number of pyridine rings is 1. The van der Waals surface area contributed by atoms with Crippen molar-refractivity contribution in [2.75, 3.05) is 12.4 Å². The molecule has 170 valence electrons. The smallest absolute Gasteiger partial charge is 0.122 e. The number of hydrogen-bond donors (Lipinski definition) is 0. The summed E-state index contributed by atoms with van der Waals surface area (Å²) < 4.78 is 5.99. The van der Waals surface area contributed by atoms with Crippen molar-refractivity contribution in [3.8, 4) is 34.2 Å². The first-order chi connectivity index (χ1) is 16.7. The maximum absolute atomic E-state index is 10.0. The quantitative estimate of drug-likeness (QED) is 0.187. The van der Waals surface area contributed by atoms with Crippen LogP contribution in [0.1, 0.15) is 29.5 Å². The fourth-order valence-corrected chi connectivity index (χ4v) is 4.76. The number of rotatable bonds is 9. The minimum absolute atomic E-state index is 0.641. The second-order valence-corrected chi connectivity index (χ2v) is 9.34. The minimum Gasteiger partial charge on any atom is -0.493 e. The van der Waals surface area contributed by atoms with E-state index in [9.17, 15) is 5.26 Å². The van der Waals surface area contributed by atoms with Crippen LogP contribution >= 0.6 is 11.8 Å². The first-order valence-corrected chi connectivity index (χ1v) is 12.5. The number of thioether (sulfide) groups is 1. The van der Waals surface area contributed by atoms with E-state index in [2.05, 4.69) is 50.2 Å². The van der Waals surface area contributed by atoms with E-state index >= 15 is 0 Å². The molecular weight excluding hydrogens is 436 g/mol. The Hall–Kier alpha value is -3.55. The van der Waals surface area contributed by atoms with E-state index < -0.39 is 0 Å². The fraction of sp³-hybridized carbons (Fsp3) is 0.200. The van der Waals surface area contributed by atoms with Crippen LogP contribution in [0.2, 0.25) is 0 Å². The molecule has 1 aromatic heterocycles. The Morgan fingerprint density at radius 3 is 2.26 bits per heavy atom. The lowest BCUT2D eigenvalue weighted by molar-refractivity contribution is 0.307. The highest BCUT2D eigenvalue weighted by Crippen LogP contribution is 2.34. The molecule has 0 aliphatic rings. The van der Waals surface area contributed by atoms with Gasteiger partial charge < -0.3 is 4.74 Å². The molecule has 4 heteroatoms. The number of nitriles is 1. The third-order valence-corrected chi connectivity index (χ3v) is 6.69. The Balaban J connectivity index is 1.48. The molecule has 0 fully saturated rings. The van der Waals surface area contributed by atoms with Crippen molar-refractivity contribution in [2.24, 2.45) is 0 Å². The van der Waals surface area contributed by atoms with E-state index in [-0.39, 0.29) is 0 Å². The van der Waals surface area contributed by atoms with Crippen LogP contribution in [0.3, 0.4) is 0 Å². The van der Waals surface area contributed by atoms with Crippen LogP contribution in [0.5, 0.6) is 5.75 Å². The molecule has 1 heterocycles. The lowest BCUT2D eigenvalue weighted by Crippen LogP contribution is -2.00. The summed E-state index contributed by atoms with van der Waals surface area (Å²) in [5, 5.41) is 10.8. The molecule has 3 nitrogen and oxygen atoms in total. The maximum Gasteiger partial charge on any atom is 0.122 e. The van der Waals surface area contributed by atoms with Crippen LogP contribution in [0.25, 0.3) is 22.4 Å². The molecule has 0 unspecified atom stereocenters. The van der Waals surface area contributed by atoms with Crippen molar-refractivity contribution in [1.29, 1.82) is 5.26 Å². The van der Waals surface area contributed by atoms with Gasteiger partial charge in [0.1, 0.15) is 16.8 Å². The number of aromatic nitrogens is 1. The van der Waals surface area contributed by atoms with Crippen molar-refractivity contribution in [2.45, 2.75) is 31.7 Å². The molecule has 0 saturated heterocycles. The third kappa shape index (κ3) is 5.87. The average molecular weight is 465 g/mol. The highest BCUT2D eigenvalue weighted by molar-refractivity contribution is 7.99. The number of unbranched alkanes of at least 4 members (excludes halogenated alkanes) is 1. The Kier molecular flexibility index (Phi) is 8.01. The Bertz CT molecular complexity index is 1280. The van der Waals surface area contributed by atoms with Crippen molar-refractivity contribution < 1.29 is 4.74 Å². The van der Waals surface area contributed by atoms with E-state index in [0.717, 1.165) is 57.3 Å². The summed E-state index contributed by atoms with van der Waals surface area (Å²) in [6.45, 7) is 4.84. The van der Waals surface area contributed by atoms with E-state index in [0.29, 0.717) is 12.2 Å². The van der Waals surface area contributed by atoms with Gasteiger partial charge in [-0.1, -0.05) is 72.8 Å². The third-order valence-electron chi connectivity index (χ3n) is 5.63. The summed E-state index contributed by atoms with van der Waals surface area (Å²) in [5.41, 5.74) is 6.91. The molecule has 34 heavy (non-hydrogen) atoms. The summed E-state index contributed by atoms with van der Waals surface area (Å²) in [5.74, 6) is 1.84. The number of benzene rings is 3. The number of hydrogen-bond acceptors (Lipinski definition) is 4. The Morgan fingerprint density at radius 1 is 0.853 bits per heavy atom. The van der Waals surface area contributed by atoms with Crippen LogP contribution in [-0.2, 0) is 0 Å². The van der Waals surface area contributed by atoms with Gasteiger partial charge in [0.15, 0.2) is 0 Å². The summed E-state index contributed by atoms with van der Waals surface area (Å²) in [6.07, 6.45) is 1.94. The van der Waals surface area contributed by atoms with Gasteiger partial charge in [0.2, 0.25) is 0 Å². The summed E-state index contributed by atoms with van der Waals surface area (Å²) in [7, 11) is 0. The van der Waals surface area contributed by atoms with Crippen LogP contribution < -0.4 is 4.74 Å². The normalized spacial score (nSPS) is 10.6. The van der Waals surface area contributed by atoms with Crippen molar-refractivity contribution in [1.82, 2.24) is 4.98 Å². The van der Waals surface area contributed by atoms with Crippen LogP contribution in [0.4, 0.5) is 0 Å². The monoisotopic (exact) mass is 464 g/mol. The van der Waals surface area contributed by atoms with Gasteiger partial charge in [0, 0.05) is 11.1 Å². The summed E-state index contributed by atoms with van der Waals surface area (Å²) >= 11 is 1.65. The van der Waals surface area contributed by atoms with Gasteiger partial charge in [-0.05, 0) is 61.3 Å². The van der Waals surface area contributed by atoms with Gasteiger partial charge in [-0.2, -0.15) is 5.26 Å². The maximum atomic E-state index is 10.0. The van der Waals surface area contributed by atoms with Crippen LogP contribution in [0.15, 0.2) is 90.0 Å². The minimum atomic E-state index is 0.641. The first-order valence-electron chi connectivity index (χ1n) is 11.5. The van der Waals surface area contributed by atoms with Crippen molar-refractivity contribution in [3.63, 3.8) is 0 Å². The lowest BCUT2D eigenvalue weighted by Gasteiger charge is -2.13. The molecule has 3 aromatic carbocycles. The molecule has 0 spiro atoms. The number of aryl methyl sites for hydroxylation is 2. The molecule has 0 N–H and O–H groups in total. The molecule has 0 radical (unpaired) electrons. The van der Waals surface area contributed by atoms with Gasteiger partial charge in [-0.3, -0.25) is 0 Å². The molecule has 4 aromatic rings. The number of ether oxygens (including phenoxy) is 1. The molecule has 4 rings (SSSR count). The average Bonchev–Trinajstić information content (AvgIpc) is 2.88. The van der Waals surface area contributed by atoms with Crippen LogP contribution in [-0.4, -0.2) is 17.3 Å². The SMILES string of the molecule is Cc1ccc(C)c(OCCCCSc2nc(-c3ccccc3)cc(-c3ccccc3)c2C#N)c1. The van der Waals surface area contributed by atoms with E-state index in [1.165, 1.54) is 5.56 Å². The topological polar surface area (TPSA) is 45.9 Å². The van der Waals surface area contributed by atoms with E-state index in [1.807, 2.05) is 54.6 Å². The van der Waals surface area contributed by atoms with E-state index in [1.54, 1.807) is 11.8 Å². The van der Waals surface area contributed by atoms with Gasteiger partial charge in [-0.25, -0.2) is 4.98 Å². The highest BCUT2D eigenvalue weighted by atomic mass is 32.2. The van der Waals surface area contributed by atoms with Gasteiger partial charge in [-0.15, -0.1) is 11.8 Å². The molecule has 0 aliphatic heterocycles. The lowest BCUT2D eigenvalue weighted by atomic mass is 9.99. The number of nitrogens with zero attached hydrogens (tertiary/aromatic N) is 2. The highest BCUT2D eigenvalue weighted by Gasteiger charge is 2.15. The Labute approximate surface area is 206 Å².